The summed E-state index contributed by atoms with van der Waals surface area (Å²) in [4.78, 5) is 2.10. The summed E-state index contributed by atoms with van der Waals surface area (Å²) in [5.74, 6) is 0. The van der Waals surface area contributed by atoms with Gasteiger partial charge in [0.05, 0.1) is 6.61 Å². The van der Waals surface area contributed by atoms with E-state index in [0.717, 1.165) is 19.6 Å². The predicted molar refractivity (Wildman–Crippen MR) is 68.2 cm³/mol. The summed E-state index contributed by atoms with van der Waals surface area (Å²) in [7, 11) is 4.11. The normalized spacial score (nSPS) is 20.5. The summed E-state index contributed by atoms with van der Waals surface area (Å²) in [6.07, 6.45) is 2.36. The Balaban J connectivity index is 1.93. The summed E-state index contributed by atoms with van der Waals surface area (Å²) in [6, 6.07) is 8.99. The summed E-state index contributed by atoms with van der Waals surface area (Å²) >= 11 is 0. The highest BCUT2D eigenvalue weighted by molar-refractivity contribution is 5.54. The van der Waals surface area contributed by atoms with Gasteiger partial charge in [0, 0.05) is 38.1 Å². The molecule has 1 aliphatic rings. The van der Waals surface area contributed by atoms with E-state index in [9.17, 15) is 0 Å². The predicted octanol–water partition coefficient (Wildman–Crippen LogP) is 2.34. The molecule has 1 atom stereocenters. The number of benzene rings is 1. The van der Waals surface area contributed by atoms with Crippen LogP contribution < -0.4 is 10.2 Å². The highest BCUT2D eigenvalue weighted by Gasteiger charge is 2.12. The number of ether oxygens (including phenoxy) is 1. The molecule has 1 aliphatic heterocycles. The first-order valence-corrected chi connectivity index (χ1v) is 5.87. The van der Waals surface area contributed by atoms with Crippen LogP contribution in [0.2, 0.25) is 0 Å². The van der Waals surface area contributed by atoms with Crippen molar-refractivity contribution >= 4 is 11.4 Å². The number of anilines is 2. The summed E-state index contributed by atoms with van der Waals surface area (Å²) in [5, 5.41) is 3.50. The molecule has 1 aromatic carbocycles. The molecule has 3 nitrogen and oxygen atoms in total. The lowest BCUT2D eigenvalue weighted by Gasteiger charge is -2.24. The van der Waals surface area contributed by atoms with Crippen LogP contribution in [0.4, 0.5) is 11.4 Å². The second-order valence-electron chi connectivity index (χ2n) is 4.50. The van der Waals surface area contributed by atoms with Crippen molar-refractivity contribution in [2.75, 3.05) is 37.5 Å². The molecule has 1 fully saturated rings. The number of nitrogens with zero attached hydrogens (tertiary/aromatic N) is 1. The van der Waals surface area contributed by atoms with E-state index in [1.54, 1.807) is 0 Å². The number of hydrogen-bond acceptors (Lipinski definition) is 3. The Hall–Kier alpha value is -1.22. The molecule has 1 aromatic rings. The van der Waals surface area contributed by atoms with Crippen LogP contribution >= 0.6 is 0 Å². The van der Waals surface area contributed by atoms with E-state index < -0.39 is 0 Å². The molecule has 1 saturated heterocycles. The lowest BCUT2D eigenvalue weighted by atomic mass is 10.1. The fraction of sp³-hybridized carbons (Fsp3) is 0.538. The molecule has 16 heavy (non-hydrogen) atoms. The third-order valence-electron chi connectivity index (χ3n) is 2.91. The minimum absolute atomic E-state index is 0.471. The van der Waals surface area contributed by atoms with Gasteiger partial charge in [-0.25, -0.2) is 0 Å². The van der Waals surface area contributed by atoms with Crippen molar-refractivity contribution in [1.29, 1.82) is 0 Å². The molecule has 1 unspecified atom stereocenters. The van der Waals surface area contributed by atoms with Crippen LogP contribution in [0.15, 0.2) is 24.3 Å². The van der Waals surface area contributed by atoms with Crippen LogP contribution in [0.3, 0.4) is 0 Å². The van der Waals surface area contributed by atoms with Gasteiger partial charge in [0.15, 0.2) is 0 Å². The fourth-order valence-electron chi connectivity index (χ4n) is 1.95. The fourth-order valence-corrected chi connectivity index (χ4v) is 1.95. The minimum atomic E-state index is 0.471. The van der Waals surface area contributed by atoms with Crippen molar-refractivity contribution in [2.45, 2.75) is 18.9 Å². The second-order valence-corrected chi connectivity index (χ2v) is 4.50. The highest BCUT2D eigenvalue weighted by Crippen LogP contribution is 2.18. The average Bonchev–Trinajstić information content (AvgIpc) is 2.31. The van der Waals surface area contributed by atoms with E-state index in [0.29, 0.717) is 6.04 Å². The minimum Gasteiger partial charge on any atom is -0.380 e. The number of hydrogen-bond donors (Lipinski definition) is 1. The molecule has 0 aliphatic carbocycles. The lowest BCUT2D eigenvalue weighted by molar-refractivity contribution is 0.0876. The quantitative estimate of drug-likeness (QED) is 0.846. The zero-order valence-corrected chi connectivity index (χ0v) is 10.1. The third kappa shape index (κ3) is 2.89. The van der Waals surface area contributed by atoms with Crippen molar-refractivity contribution in [2.24, 2.45) is 0 Å². The van der Waals surface area contributed by atoms with Crippen LogP contribution in [0.5, 0.6) is 0 Å². The Bertz CT molecular complexity index is 315. The van der Waals surface area contributed by atoms with Crippen LogP contribution in [0.1, 0.15) is 12.8 Å². The Kier molecular flexibility index (Phi) is 3.67. The van der Waals surface area contributed by atoms with Crippen molar-refractivity contribution in [1.82, 2.24) is 0 Å². The summed E-state index contributed by atoms with van der Waals surface area (Å²) < 4.78 is 5.45. The third-order valence-corrected chi connectivity index (χ3v) is 2.91. The molecular weight excluding hydrogens is 200 g/mol. The first-order valence-electron chi connectivity index (χ1n) is 5.87. The Morgan fingerprint density at radius 1 is 1.25 bits per heavy atom. The first kappa shape index (κ1) is 11.3. The number of rotatable bonds is 3. The molecule has 0 saturated carbocycles. The van der Waals surface area contributed by atoms with E-state index >= 15 is 0 Å². The van der Waals surface area contributed by atoms with Crippen LogP contribution in [-0.2, 0) is 4.74 Å². The molecule has 0 bridgehead atoms. The first-order chi connectivity index (χ1) is 7.75. The molecule has 2 rings (SSSR count). The maximum atomic E-state index is 5.45. The largest absolute Gasteiger partial charge is 0.380 e. The van der Waals surface area contributed by atoms with Crippen molar-refractivity contribution in [3.8, 4) is 0 Å². The van der Waals surface area contributed by atoms with Gasteiger partial charge in [0.25, 0.3) is 0 Å². The monoisotopic (exact) mass is 220 g/mol. The smallest absolute Gasteiger partial charge is 0.0667 e. The van der Waals surface area contributed by atoms with Gasteiger partial charge in [0.2, 0.25) is 0 Å². The zero-order valence-electron chi connectivity index (χ0n) is 10.1. The molecule has 88 valence electrons. The summed E-state index contributed by atoms with van der Waals surface area (Å²) in [5.41, 5.74) is 2.41. The van der Waals surface area contributed by atoms with Gasteiger partial charge in [-0.1, -0.05) is 0 Å². The van der Waals surface area contributed by atoms with Crippen molar-refractivity contribution in [3.05, 3.63) is 24.3 Å². The molecule has 0 aromatic heterocycles. The van der Waals surface area contributed by atoms with Gasteiger partial charge in [-0.2, -0.15) is 0 Å². The zero-order chi connectivity index (χ0) is 11.4. The van der Waals surface area contributed by atoms with Crippen LogP contribution in [0, 0.1) is 0 Å². The maximum Gasteiger partial charge on any atom is 0.0667 e. The second kappa shape index (κ2) is 5.21. The van der Waals surface area contributed by atoms with Gasteiger partial charge in [-0.15, -0.1) is 0 Å². The molecule has 1 heterocycles. The molecule has 0 radical (unpaired) electrons. The molecule has 0 amide bonds. The average molecular weight is 220 g/mol. The van der Waals surface area contributed by atoms with Gasteiger partial charge in [-0.05, 0) is 37.1 Å². The van der Waals surface area contributed by atoms with Gasteiger partial charge >= 0.3 is 0 Å². The topological polar surface area (TPSA) is 24.5 Å². The lowest BCUT2D eigenvalue weighted by Crippen LogP contribution is -2.29. The SMILES string of the molecule is CN(C)c1ccc(NC2CCCOC2)cc1. The highest BCUT2D eigenvalue weighted by atomic mass is 16.5. The molecule has 3 heteroatoms. The summed E-state index contributed by atoms with van der Waals surface area (Å²) in [6.45, 7) is 1.74. The van der Waals surface area contributed by atoms with Gasteiger partial charge in [-0.3, -0.25) is 0 Å². The Morgan fingerprint density at radius 3 is 2.56 bits per heavy atom. The standard InChI is InChI=1S/C13H20N2O/c1-15(2)13-7-5-11(6-8-13)14-12-4-3-9-16-10-12/h5-8,12,14H,3-4,9-10H2,1-2H3. The van der Waals surface area contributed by atoms with E-state index in [2.05, 4.69) is 48.6 Å². The molecular formula is C13H20N2O. The Morgan fingerprint density at radius 2 is 2.00 bits per heavy atom. The van der Waals surface area contributed by atoms with E-state index in [1.165, 1.54) is 17.8 Å². The van der Waals surface area contributed by atoms with Crippen LogP contribution in [0.25, 0.3) is 0 Å². The van der Waals surface area contributed by atoms with E-state index in [-0.39, 0.29) is 0 Å². The van der Waals surface area contributed by atoms with Crippen LogP contribution in [-0.4, -0.2) is 33.4 Å². The maximum absolute atomic E-state index is 5.45. The Labute approximate surface area is 97.4 Å². The van der Waals surface area contributed by atoms with E-state index in [1.807, 2.05) is 0 Å². The van der Waals surface area contributed by atoms with Gasteiger partial charge in [0.1, 0.15) is 0 Å². The molecule has 0 spiro atoms. The molecule has 1 N–H and O–H groups in total. The number of nitrogens with one attached hydrogen (secondary N) is 1. The van der Waals surface area contributed by atoms with E-state index in [4.69, 9.17) is 4.74 Å². The van der Waals surface area contributed by atoms with Crippen molar-refractivity contribution in [3.63, 3.8) is 0 Å². The van der Waals surface area contributed by atoms with Crippen molar-refractivity contribution < 1.29 is 4.74 Å². The van der Waals surface area contributed by atoms with Gasteiger partial charge < -0.3 is 15.0 Å².